The first-order valence-electron chi connectivity index (χ1n) is 10.5. The lowest BCUT2D eigenvalue weighted by Gasteiger charge is -2.34. The number of benzene rings is 1. The molecule has 1 aliphatic carbocycles. The number of urea groups is 1. The molecular weight excluding hydrogens is 338 g/mol. The van der Waals surface area contributed by atoms with Gasteiger partial charge in [0, 0.05) is 30.4 Å². The van der Waals surface area contributed by atoms with Crippen molar-refractivity contribution in [2.45, 2.75) is 71.3 Å². The molecule has 1 heterocycles. The van der Waals surface area contributed by atoms with E-state index in [0.29, 0.717) is 24.3 Å². The Kier molecular flexibility index (Phi) is 6.75. The monoisotopic (exact) mass is 371 g/mol. The average Bonchev–Trinajstić information content (AvgIpc) is 3.13. The van der Waals surface area contributed by atoms with Crippen LogP contribution in [0.4, 0.5) is 16.2 Å². The number of carbonyl (C=O) groups excluding carboxylic acids is 2. The maximum atomic E-state index is 12.8. The molecule has 0 aromatic heterocycles. The molecule has 2 fully saturated rings. The first-order chi connectivity index (χ1) is 13.0. The van der Waals surface area contributed by atoms with Gasteiger partial charge >= 0.3 is 6.03 Å². The van der Waals surface area contributed by atoms with Crippen molar-refractivity contribution in [1.29, 1.82) is 0 Å². The van der Waals surface area contributed by atoms with Gasteiger partial charge < -0.3 is 15.5 Å². The number of amides is 3. The minimum atomic E-state index is 0.0136. The van der Waals surface area contributed by atoms with E-state index in [2.05, 4.69) is 10.6 Å². The first-order valence-corrected chi connectivity index (χ1v) is 10.5. The Bertz CT molecular complexity index is 635. The summed E-state index contributed by atoms with van der Waals surface area (Å²) in [6.07, 6.45) is 9.24. The molecule has 27 heavy (non-hydrogen) atoms. The standard InChI is InChI=1S/C22H33N3O2/c1-16(2)15-21(26)23-18-10-12-19(13-11-18)24-22(27)25-14-6-9-20(25)17-7-4-3-5-8-17/h10-13,16-17,20H,3-9,14-15H2,1-2H3,(H,23,26)(H,24,27). The summed E-state index contributed by atoms with van der Waals surface area (Å²) in [5.41, 5.74) is 1.54. The molecule has 0 bridgehead atoms. The summed E-state index contributed by atoms with van der Waals surface area (Å²) >= 11 is 0. The van der Waals surface area contributed by atoms with Crippen LogP contribution in [0.25, 0.3) is 0 Å². The molecule has 1 aromatic carbocycles. The smallest absolute Gasteiger partial charge is 0.322 e. The zero-order valence-corrected chi connectivity index (χ0v) is 16.7. The third kappa shape index (κ3) is 5.47. The number of likely N-dealkylation sites (tertiary alicyclic amines) is 1. The van der Waals surface area contributed by atoms with Crippen LogP contribution in [-0.4, -0.2) is 29.4 Å². The molecule has 0 radical (unpaired) electrons. The number of nitrogens with one attached hydrogen (secondary N) is 2. The van der Waals surface area contributed by atoms with E-state index in [9.17, 15) is 9.59 Å². The van der Waals surface area contributed by atoms with Crippen molar-refractivity contribution >= 4 is 23.3 Å². The normalized spacial score (nSPS) is 20.7. The lowest BCUT2D eigenvalue weighted by Crippen LogP contribution is -2.43. The number of anilines is 2. The van der Waals surface area contributed by atoms with Gasteiger partial charge in [0.05, 0.1) is 0 Å². The number of carbonyl (C=O) groups is 2. The van der Waals surface area contributed by atoms with Crippen molar-refractivity contribution in [3.8, 4) is 0 Å². The highest BCUT2D eigenvalue weighted by Gasteiger charge is 2.35. The Morgan fingerprint density at radius 1 is 0.963 bits per heavy atom. The van der Waals surface area contributed by atoms with Gasteiger partial charge in [0.2, 0.25) is 5.91 Å². The molecule has 2 N–H and O–H groups in total. The van der Waals surface area contributed by atoms with Crippen LogP contribution in [0.15, 0.2) is 24.3 Å². The summed E-state index contributed by atoms with van der Waals surface area (Å²) in [6, 6.07) is 7.82. The zero-order valence-electron chi connectivity index (χ0n) is 16.7. The van der Waals surface area contributed by atoms with Crippen molar-refractivity contribution < 1.29 is 9.59 Å². The maximum absolute atomic E-state index is 12.8. The van der Waals surface area contributed by atoms with Gasteiger partial charge in [-0.3, -0.25) is 4.79 Å². The predicted molar refractivity (Wildman–Crippen MR) is 110 cm³/mol. The van der Waals surface area contributed by atoms with Gasteiger partial charge in [-0.05, 0) is 61.8 Å². The predicted octanol–water partition coefficient (Wildman–Crippen LogP) is 5.25. The van der Waals surface area contributed by atoms with Crippen LogP contribution in [0.2, 0.25) is 0 Å². The lowest BCUT2D eigenvalue weighted by atomic mass is 9.83. The van der Waals surface area contributed by atoms with E-state index >= 15 is 0 Å². The topological polar surface area (TPSA) is 61.4 Å². The Morgan fingerprint density at radius 3 is 2.22 bits per heavy atom. The van der Waals surface area contributed by atoms with E-state index in [-0.39, 0.29) is 11.9 Å². The Morgan fingerprint density at radius 2 is 1.59 bits per heavy atom. The Hall–Kier alpha value is -2.04. The van der Waals surface area contributed by atoms with Gasteiger partial charge in [0.1, 0.15) is 0 Å². The second kappa shape index (κ2) is 9.25. The highest BCUT2D eigenvalue weighted by molar-refractivity contribution is 5.92. The van der Waals surface area contributed by atoms with Gasteiger partial charge in [-0.1, -0.05) is 33.1 Å². The van der Waals surface area contributed by atoms with Crippen molar-refractivity contribution in [1.82, 2.24) is 4.90 Å². The Balaban J connectivity index is 1.54. The van der Waals surface area contributed by atoms with Crippen LogP contribution in [0.3, 0.4) is 0 Å². The van der Waals surface area contributed by atoms with Crippen LogP contribution in [0.1, 0.15) is 65.2 Å². The third-order valence-corrected chi connectivity index (χ3v) is 5.77. The fourth-order valence-corrected chi connectivity index (χ4v) is 4.47. The number of nitrogens with zero attached hydrogens (tertiary/aromatic N) is 1. The molecule has 1 unspecified atom stereocenters. The molecule has 148 valence electrons. The maximum Gasteiger partial charge on any atom is 0.322 e. The van der Waals surface area contributed by atoms with E-state index in [1.807, 2.05) is 43.0 Å². The first kappa shape index (κ1) is 19.7. The number of hydrogen-bond acceptors (Lipinski definition) is 2. The summed E-state index contributed by atoms with van der Waals surface area (Å²) in [6.45, 7) is 4.91. The summed E-state index contributed by atoms with van der Waals surface area (Å²) in [4.78, 5) is 26.7. The molecule has 1 saturated carbocycles. The highest BCUT2D eigenvalue weighted by Crippen LogP contribution is 2.34. The molecule has 1 saturated heterocycles. The van der Waals surface area contributed by atoms with Crippen LogP contribution >= 0.6 is 0 Å². The fourth-order valence-electron chi connectivity index (χ4n) is 4.47. The molecule has 5 heteroatoms. The minimum Gasteiger partial charge on any atom is -0.326 e. The summed E-state index contributed by atoms with van der Waals surface area (Å²) in [5, 5.41) is 5.94. The second-order valence-electron chi connectivity index (χ2n) is 8.45. The molecule has 1 aliphatic heterocycles. The van der Waals surface area contributed by atoms with Gasteiger partial charge in [-0.2, -0.15) is 0 Å². The van der Waals surface area contributed by atoms with Crippen molar-refractivity contribution in [2.24, 2.45) is 11.8 Å². The van der Waals surface area contributed by atoms with E-state index in [1.165, 1.54) is 32.1 Å². The van der Waals surface area contributed by atoms with Gasteiger partial charge in [-0.25, -0.2) is 4.79 Å². The van der Waals surface area contributed by atoms with Crippen LogP contribution in [-0.2, 0) is 4.79 Å². The molecule has 2 aliphatic rings. The highest BCUT2D eigenvalue weighted by atomic mass is 16.2. The van der Waals surface area contributed by atoms with Crippen LogP contribution in [0, 0.1) is 11.8 Å². The number of hydrogen-bond donors (Lipinski definition) is 2. The van der Waals surface area contributed by atoms with Crippen molar-refractivity contribution in [3.63, 3.8) is 0 Å². The van der Waals surface area contributed by atoms with E-state index in [0.717, 1.165) is 30.8 Å². The third-order valence-electron chi connectivity index (χ3n) is 5.77. The van der Waals surface area contributed by atoms with Crippen LogP contribution in [0.5, 0.6) is 0 Å². The van der Waals surface area contributed by atoms with Gasteiger partial charge in [0.15, 0.2) is 0 Å². The van der Waals surface area contributed by atoms with E-state index in [4.69, 9.17) is 0 Å². The summed E-state index contributed by atoms with van der Waals surface area (Å²) < 4.78 is 0. The molecular formula is C22H33N3O2. The van der Waals surface area contributed by atoms with Gasteiger partial charge in [-0.15, -0.1) is 0 Å². The zero-order chi connectivity index (χ0) is 19.2. The second-order valence-corrected chi connectivity index (χ2v) is 8.45. The van der Waals surface area contributed by atoms with E-state index in [1.54, 1.807) is 0 Å². The Labute approximate surface area is 162 Å². The average molecular weight is 372 g/mol. The summed E-state index contributed by atoms with van der Waals surface area (Å²) in [5.74, 6) is 1.03. The van der Waals surface area contributed by atoms with Crippen molar-refractivity contribution in [3.05, 3.63) is 24.3 Å². The van der Waals surface area contributed by atoms with E-state index < -0.39 is 0 Å². The fraction of sp³-hybridized carbons (Fsp3) is 0.636. The molecule has 3 amide bonds. The number of rotatable bonds is 5. The van der Waals surface area contributed by atoms with Crippen LogP contribution < -0.4 is 10.6 Å². The quantitative estimate of drug-likeness (QED) is 0.743. The minimum absolute atomic E-state index is 0.0136. The largest absolute Gasteiger partial charge is 0.326 e. The van der Waals surface area contributed by atoms with Gasteiger partial charge in [0.25, 0.3) is 0 Å². The molecule has 0 spiro atoms. The SMILES string of the molecule is CC(C)CC(=O)Nc1ccc(NC(=O)N2CCCC2C2CCCCC2)cc1. The lowest BCUT2D eigenvalue weighted by molar-refractivity contribution is -0.116. The molecule has 5 nitrogen and oxygen atoms in total. The molecule has 1 aromatic rings. The molecule has 3 rings (SSSR count). The molecule has 1 atom stereocenters. The van der Waals surface area contributed by atoms with Crippen molar-refractivity contribution in [2.75, 3.05) is 17.2 Å². The summed E-state index contributed by atoms with van der Waals surface area (Å²) in [7, 11) is 0.